The molecule has 0 saturated carbocycles. The van der Waals surface area contributed by atoms with Crippen LogP contribution < -0.4 is 20.3 Å². The first kappa shape index (κ1) is 24.2. The first-order chi connectivity index (χ1) is 17.0. The molecule has 0 saturated heterocycles. The maximum atomic E-state index is 13.0. The molecular weight excluding hydrogens is 462 g/mol. The van der Waals surface area contributed by atoms with E-state index in [1.165, 1.54) is 0 Å². The van der Waals surface area contributed by atoms with Crippen LogP contribution in [-0.2, 0) is 19.4 Å². The number of aromatic amines is 1. The fourth-order valence-electron chi connectivity index (χ4n) is 3.94. The minimum Gasteiger partial charge on any atom is -0.493 e. The Kier molecular flexibility index (Phi) is 7.62. The molecule has 1 aromatic heterocycles. The van der Waals surface area contributed by atoms with E-state index in [0.29, 0.717) is 58.7 Å². The number of aryl methyl sites for hydroxylation is 1. The normalized spacial score (nSPS) is 10.8. The average molecular weight is 490 g/mol. The van der Waals surface area contributed by atoms with Gasteiger partial charge in [0.25, 0.3) is 11.5 Å². The highest BCUT2D eigenvalue weighted by atomic mass is 32.1. The van der Waals surface area contributed by atoms with Crippen molar-refractivity contribution in [3.8, 4) is 11.5 Å². The predicted molar refractivity (Wildman–Crippen MR) is 139 cm³/mol. The number of H-pyrrole nitrogens is 1. The van der Waals surface area contributed by atoms with Crippen molar-refractivity contribution in [3.63, 3.8) is 0 Å². The van der Waals surface area contributed by atoms with E-state index in [0.717, 1.165) is 11.1 Å². The molecule has 180 valence electrons. The van der Waals surface area contributed by atoms with Crippen molar-refractivity contribution >= 4 is 29.0 Å². The van der Waals surface area contributed by atoms with E-state index in [2.05, 4.69) is 10.3 Å². The number of benzene rings is 3. The van der Waals surface area contributed by atoms with E-state index in [9.17, 15) is 9.59 Å². The van der Waals surface area contributed by atoms with Gasteiger partial charge in [0.2, 0.25) is 0 Å². The van der Waals surface area contributed by atoms with Gasteiger partial charge in [0, 0.05) is 18.7 Å². The van der Waals surface area contributed by atoms with Gasteiger partial charge in [-0.25, -0.2) is 0 Å². The number of aromatic nitrogens is 2. The number of methoxy groups -OCH3 is 2. The topological polar surface area (TPSA) is 85.4 Å². The fourth-order valence-corrected chi connectivity index (χ4v) is 4.23. The highest BCUT2D eigenvalue weighted by Crippen LogP contribution is 2.27. The molecule has 8 heteroatoms. The zero-order valence-electron chi connectivity index (χ0n) is 19.7. The summed E-state index contributed by atoms with van der Waals surface area (Å²) in [5, 5.41) is 3.42. The van der Waals surface area contributed by atoms with E-state index in [1.807, 2.05) is 48.5 Å². The predicted octanol–water partition coefficient (Wildman–Crippen LogP) is 4.29. The second-order valence-corrected chi connectivity index (χ2v) is 8.46. The summed E-state index contributed by atoms with van der Waals surface area (Å²) in [7, 11) is 3.18. The molecule has 0 aliphatic carbocycles. The maximum Gasteiger partial charge on any atom is 0.262 e. The van der Waals surface area contributed by atoms with Gasteiger partial charge in [-0.3, -0.25) is 14.2 Å². The first-order valence-corrected chi connectivity index (χ1v) is 11.7. The molecular formula is C27H27N3O4S. The number of carbonyl (C=O) groups excluding carboxylic acids is 1. The van der Waals surface area contributed by atoms with Crippen LogP contribution >= 0.6 is 12.2 Å². The van der Waals surface area contributed by atoms with E-state index >= 15 is 0 Å². The number of rotatable bonds is 9. The van der Waals surface area contributed by atoms with Gasteiger partial charge in [-0.1, -0.05) is 36.4 Å². The molecule has 35 heavy (non-hydrogen) atoms. The zero-order valence-corrected chi connectivity index (χ0v) is 20.5. The second-order valence-electron chi connectivity index (χ2n) is 8.08. The van der Waals surface area contributed by atoms with Crippen molar-refractivity contribution < 1.29 is 14.3 Å². The number of amides is 1. The van der Waals surface area contributed by atoms with Crippen LogP contribution in [-0.4, -0.2) is 36.2 Å². The average Bonchev–Trinajstić information content (AvgIpc) is 2.88. The lowest BCUT2D eigenvalue weighted by atomic mass is 10.1. The number of fused-ring (bicyclic) bond motifs is 1. The molecule has 3 aromatic carbocycles. The van der Waals surface area contributed by atoms with Crippen molar-refractivity contribution in [2.75, 3.05) is 20.8 Å². The molecule has 2 N–H and O–H groups in total. The quantitative estimate of drug-likeness (QED) is 0.343. The smallest absolute Gasteiger partial charge is 0.262 e. The van der Waals surface area contributed by atoms with Crippen molar-refractivity contribution in [1.29, 1.82) is 0 Å². The minimum atomic E-state index is -0.222. The summed E-state index contributed by atoms with van der Waals surface area (Å²) in [6.45, 7) is 0.927. The lowest BCUT2D eigenvalue weighted by molar-refractivity contribution is 0.0954. The summed E-state index contributed by atoms with van der Waals surface area (Å²) in [5.74, 6) is 1.09. The number of hydrogen-bond donors (Lipinski definition) is 2. The summed E-state index contributed by atoms with van der Waals surface area (Å²) in [5.41, 5.74) is 2.98. The van der Waals surface area contributed by atoms with E-state index in [1.54, 1.807) is 37.0 Å². The van der Waals surface area contributed by atoms with Gasteiger partial charge in [-0.15, -0.1) is 0 Å². The standard InChI is InChI=1S/C27H27N3O4S/c1-33-23-11-8-19(16-24(23)34-2)12-14-28-25(31)20-9-10-21-22(17-20)29-27(35)30(26(21)32)15-13-18-6-4-3-5-7-18/h3-11,16-17H,12-15H2,1-2H3,(H,28,31)(H,29,35). The molecule has 1 amide bonds. The van der Waals surface area contributed by atoms with E-state index in [4.69, 9.17) is 21.7 Å². The highest BCUT2D eigenvalue weighted by Gasteiger charge is 2.11. The molecule has 0 fully saturated rings. The van der Waals surface area contributed by atoms with Crippen LogP contribution in [0.4, 0.5) is 0 Å². The number of ether oxygens (including phenoxy) is 2. The van der Waals surface area contributed by atoms with Crippen LogP contribution in [0.25, 0.3) is 10.9 Å². The summed E-state index contributed by atoms with van der Waals surface area (Å²) in [6.07, 6.45) is 1.33. The minimum absolute atomic E-state index is 0.167. The van der Waals surface area contributed by atoms with E-state index in [-0.39, 0.29) is 11.5 Å². The molecule has 0 spiro atoms. The second kappa shape index (κ2) is 11.0. The summed E-state index contributed by atoms with van der Waals surface area (Å²) >= 11 is 5.44. The molecule has 0 aliphatic heterocycles. The van der Waals surface area contributed by atoms with Crippen LogP contribution in [0.5, 0.6) is 11.5 Å². The van der Waals surface area contributed by atoms with Crippen molar-refractivity contribution in [1.82, 2.24) is 14.9 Å². The van der Waals surface area contributed by atoms with Gasteiger partial charge < -0.3 is 19.8 Å². The largest absolute Gasteiger partial charge is 0.493 e. The summed E-state index contributed by atoms with van der Waals surface area (Å²) in [4.78, 5) is 28.9. The third-order valence-corrected chi connectivity index (χ3v) is 6.18. The Labute approximate surface area is 208 Å². The Hall–Kier alpha value is -3.91. The Balaban J connectivity index is 1.44. The fraction of sp³-hybridized carbons (Fsp3) is 0.222. The third-order valence-electron chi connectivity index (χ3n) is 5.86. The molecule has 0 aliphatic rings. The Morgan fingerprint density at radius 2 is 1.71 bits per heavy atom. The van der Waals surface area contributed by atoms with Crippen molar-refractivity contribution in [2.45, 2.75) is 19.4 Å². The molecule has 7 nitrogen and oxygen atoms in total. The lowest BCUT2D eigenvalue weighted by Gasteiger charge is -2.11. The van der Waals surface area contributed by atoms with Gasteiger partial charge in [-0.05, 0) is 66.5 Å². The molecule has 0 unspecified atom stereocenters. The highest BCUT2D eigenvalue weighted by molar-refractivity contribution is 7.71. The van der Waals surface area contributed by atoms with Crippen LogP contribution in [0.3, 0.4) is 0 Å². The van der Waals surface area contributed by atoms with Gasteiger partial charge >= 0.3 is 0 Å². The zero-order chi connectivity index (χ0) is 24.8. The summed E-state index contributed by atoms with van der Waals surface area (Å²) < 4.78 is 12.5. The van der Waals surface area contributed by atoms with Gasteiger partial charge in [0.05, 0.1) is 25.1 Å². The lowest BCUT2D eigenvalue weighted by Crippen LogP contribution is -2.26. The molecule has 4 aromatic rings. The van der Waals surface area contributed by atoms with Crippen LogP contribution in [0.2, 0.25) is 0 Å². The number of nitrogens with zero attached hydrogens (tertiary/aromatic N) is 1. The SMILES string of the molecule is COc1ccc(CCNC(=O)c2ccc3c(=O)n(CCc4ccccc4)c(=S)[nH]c3c2)cc1OC. The van der Waals surface area contributed by atoms with Crippen LogP contribution in [0.1, 0.15) is 21.5 Å². The molecule has 4 rings (SSSR count). The van der Waals surface area contributed by atoms with Crippen molar-refractivity contribution in [2.24, 2.45) is 0 Å². The molecule has 0 radical (unpaired) electrons. The summed E-state index contributed by atoms with van der Waals surface area (Å²) in [6, 6.07) is 20.6. The Morgan fingerprint density at radius 1 is 0.943 bits per heavy atom. The van der Waals surface area contributed by atoms with Crippen molar-refractivity contribution in [3.05, 3.63) is 98.5 Å². The monoisotopic (exact) mass is 489 g/mol. The maximum absolute atomic E-state index is 13.0. The van der Waals surface area contributed by atoms with Crippen LogP contribution in [0.15, 0.2) is 71.5 Å². The molecule has 1 heterocycles. The number of carbonyl (C=O) groups is 1. The Bertz CT molecular complexity index is 1460. The molecule has 0 atom stereocenters. The molecule has 0 bridgehead atoms. The van der Waals surface area contributed by atoms with E-state index < -0.39 is 0 Å². The van der Waals surface area contributed by atoms with Crippen LogP contribution in [0, 0.1) is 4.77 Å². The number of nitrogens with one attached hydrogen (secondary N) is 2. The van der Waals surface area contributed by atoms with Gasteiger partial charge in [0.15, 0.2) is 16.3 Å². The third kappa shape index (κ3) is 5.60. The van der Waals surface area contributed by atoms with Gasteiger partial charge in [0.1, 0.15) is 0 Å². The first-order valence-electron chi connectivity index (χ1n) is 11.3. The number of hydrogen-bond acceptors (Lipinski definition) is 5. The van der Waals surface area contributed by atoms with Gasteiger partial charge in [-0.2, -0.15) is 0 Å². The Morgan fingerprint density at radius 3 is 2.46 bits per heavy atom.